The van der Waals surface area contributed by atoms with E-state index in [1.807, 2.05) is 0 Å². The standard InChI is InChI=1S/C15H25N3O/c1-11(2)16-9-13-5-6-15(17-12(13)3)18-8-7-14(10-18)19-4/h5-6,11,14,16H,7-10H2,1-4H3. The van der Waals surface area contributed by atoms with E-state index in [1.165, 1.54) is 5.56 Å². The van der Waals surface area contributed by atoms with Crippen LogP contribution < -0.4 is 10.2 Å². The Bertz CT molecular complexity index is 420. The summed E-state index contributed by atoms with van der Waals surface area (Å²) in [6.07, 6.45) is 1.44. The van der Waals surface area contributed by atoms with Gasteiger partial charge in [-0.05, 0) is 25.0 Å². The van der Waals surface area contributed by atoms with Crippen molar-refractivity contribution < 1.29 is 4.74 Å². The Kier molecular flexibility index (Phi) is 4.77. The number of methoxy groups -OCH3 is 1. The van der Waals surface area contributed by atoms with Gasteiger partial charge in [0.2, 0.25) is 0 Å². The van der Waals surface area contributed by atoms with E-state index in [-0.39, 0.29) is 0 Å². The molecule has 1 N–H and O–H groups in total. The number of rotatable bonds is 5. The van der Waals surface area contributed by atoms with E-state index in [1.54, 1.807) is 7.11 Å². The minimum atomic E-state index is 0.351. The zero-order chi connectivity index (χ0) is 13.8. The zero-order valence-electron chi connectivity index (χ0n) is 12.4. The summed E-state index contributed by atoms with van der Waals surface area (Å²) in [5.41, 5.74) is 2.39. The van der Waals surface area contributed by atoms with Gasteiger partial charge in [0.25, 0.3) is 0 Å². The third-order valence-electron chi connectivity index (χ3n) is 3.68. The number of nitrogens with one attached hydrogen (secondary N) is 1. The molecular formula is C15H25N3O. The lowest BCUT2D eigenvalue weighted by Gasteiger charge is -2.19. The molecule has 0 amide bonds. The summed E-state index contributed by atoms with van der Waals surface area (Å²) in [5, 5.41) is 3.43. The molecule has 0 aromatic carbocycles. The van der Waals surface area contributed by atoms with Crippen molar-refractivity contribution in [3.63, 3.8) is 0 Å². The normalized spacial score (nSPS) is 19.4. The van der Waals surface area contributed by atoms with Crippen LogP contribution in [0.4, 0.5) is 5.82 Å². The molecule has 2 heterocycles. The number of nitrogens with zero attached hydrogens (tertiary/aromatic N) is 2. The third-order valence-corrected chi connectivity index (χ3v) is 3.68. The molecular weight excluding hydrogens is 238 g/mol. The number of ether oxygens (including phenoxy) is 1. The van der Waals surface area contributed by atoms with Crippen molar-refractivity contribution in [2.75, 3.05) is 25.1 Å². The predicted molar refractivity (Wildman–Crippen MR) is 78.6 cm³/mol. The Morgan fingerprint density at radius 3 is 2.84 bits per heavy atom. The second-order valence-corrected chi connectivity index (χ2v) is 5.54. The largest absolute Gasteiger partial charge is 0.380 e. The van der Waals surface area contributed by atoms with Crippen LogP contribution >= 0.6 is 0 Å². The van der Waals surface area contributed by atoms with Crippen molar-refractivity contribution in [1.29, 1.82) is 0 Å². The Morgan fingerprint density at radius 1 is 1.47 bits per heavy atom. The first kappa shape index (κ1) is 14.3. The second kappa shape index (κ2) is 6.35. The molecule has 0 spiro atoms. The smallest absolute Gasteiger partial charge is 0.128 e. The number of hydrogen-bond acceptors (Lipinski definition) is 4. The van der Waals surface area contributed by atoms with Crippen LogP contribution in [0.15, 0.2) is 12.1 Å². The van der Waals surface area contributed by atoms with E-state index in [9.17, 15) is 0 Å². The number of aryl methyl sites for hydroxylation is 1. The summed E-state index contributed by atoms with van der Waals surface area (Å²) in [7, 11) is 1.79. The molecule has 0 saturated carbocycles. The highest BCUT2D eigenvalue weighted by atomic mass is 16.5. The Labute approximate surface area is 116 Å². The van der Waals surface area contributed by atoms with Gasteiger partial charge in [0.15, 0.2) is 0 Å². The molecule has 1 aliphatic rings. The summed E-state index contributed by atoms with van der Waals surface area (Å²) in [5.74, 6) is 1.07. The van der Waals surface area contributed by atoms with Crippen LogP contribution in [0, 0.1) is 6.92 Å². The molecule has 1 aromatic rings. The minimum absolute atomic E-state index is 0.351. The Morgan fingerprint density at radius 2 is 2.26 bits per heavy atom. The Balaban J connectivity index is 2.02. The van der Waals surface area contributed by atoms with Gasteiger partial charge >= 0.3 is 0 Å². The maximum Gasteiger partial charge on any atom is 0.128 e. The predicted octanol–water partition coefficient (Wildman–Crippen LogP) is 2.11. The van der Waals surface area contributed by atoms with Crippen molar-refractivity contribution in [3.05, 3.63) is 23.4 Å². The first-order valence-corrected chi connectivity index (χ1v) is 7.07. The van der Waals surface area contributed by atoms with E-state index < -0.39 is 0 Å². The van der Waals surface area contributed by atoms with Crippen molar-refractivity contribution >= 4 is 5.82 Å². The lowest BCUT2D eigenvalue weighted by molar-refractivity contribution is 0.121. The molecule has 1 fully saturated rings. The molecule has 1 aromatic heterocycles. The molecule has 1 saturated heterocycles. The molecule has 0 aliphatic carbocycles. The molecule has 0 radical (unpaired) electrons. The summed E-state index contributed by atoms with van der Waals surface area (Å²) in [6, 6.07) is 4.82. The maximum atomic E-state index is 5.40. The van der Waals surface area contributed by atoms with Gasteiger partial charge in [-0.25, -0.2) is 4.98 Å². The fourth-order valence-corrected chi connectivity index (χ4v) is 2.38. The zero-order valence-corrected chi connectivity index (χ0v) is 12.4. The Hall–Kier alpha value is -1.13. The number of anilines is 1. The van der Waals surface area contributed by atoms with Crippen LogP contribution in [0.2, 0.25) is 0 Å². The number of pyridine rings is 1. The van der Waals surface area contributed by atoms with Gasteiger partial charge in [0.1, 0.15) is 5.82 Å². The van der Waals surface area contributed by atoms with Crippen LogP contribution in [-0.4, -0.2) is 37.3 Å². The second-order valence-electron chi connectivity index (χ2n) is 5.54. The average molecular weight is 263 g/mol. The highest BCUT2D eigenvalue weighted by Crippen LogP contribution is 2.21. The van der Waals surface area contributed by atoms with Crippen LogP contribution in [0.1, 0.15) is 31.5 Å². The molecule has 19 heavy (non-hydrogen) atoms. The number of aromatic nitrogens is 1. The minimum Gasteiger partial charge on any atom is -0.380 e. The van der Waals surface area contributed by atoms with Gasteiger partial charge in [-0.15, -0.1) is 0 Å². The van der Waals surface area contributed by atoms with E-state index in [4.69, 9.17) is 9.72 Å². The average Bonchev–Trinajstić information content (AvgIpc) is 2.85. The number of hydrogen-bond donors (Lipinski definition) is 1. The van der Waals surface area contributed by atoms with Crippen LogP contribution in [0.3, 0.4) is 0 Å². The van der Waals surface area contributed by atoms with Gasteiger partial charge in [0.05, 0.1) is 6.10 Å². The monoisotopic (exact) mass is 263 g/mol. The van der Waals surface area contributed by atoms with E-state index in [2.05, 4.69) is 43.1 Å². The molecule has 106 valence electrons. The third kappa shape index (κ3) is 3.67. The molecule has 1 atom stereocenters. The lowest BCUT2D eigenvalue weighted by atomic mass is 10.2. The van der Waals surface area contributed by atoms with Crippen molar-refractivity contribution in [3.8, 4) is 0 Å². The van der Waals surface area contributed by atoms with E-state index >= 15 is 0 Å². The fraction of sp³-hybridized carbons (Fsp3) is 0.667. The summed E-state index contributed by atoms with van der Waals surface area (Å²) >= 11 is 0. The first-order valence-electron chi connectivity index (χ1n) is 7.07. The van der Waals surface area contributed by atoms with Gasteiger partial charge in [0, 0.05) is 38.5 Å². The fourth-order valence-electron chi connectivity index (χ4n) is 2.38. The van der Waals surface area contributed by atoms with Gasteiger partial charge in [-0.3, -0.25) is 0 Å². The van der Waals surface area contributed by atoms with E-state index in [0.29, 0.717) is 12.1 Å². The van der Waals surface area contributed by atoms with Crippen LogP contribution in [0.25, 0.3) is 0 Å². The lowest BCUT2D eigenvalue weighted by Crippen LogP contribution is -2.24. The topological polar surface area (TPSA) is 37.4 Å². The highest BCUT2D eigenvalue weighted by molar-refractivity contribution is 5.43. The molecule has 4 heteroatoms. The summed E-state index contributed by atoms with van der Waals surface area (Å²) in [4.78, 5) is 7.04. The summed E-state index contributed by atoms with van der Waals surface area (Å²) in [6.45, 7) is 9.28. The van der Waals surface area contributed by atoms with Crippen molar-refractivity contribution in [2.45, 2.75) is 45.9 Å². The summed E-state index contributed by atoms with van der Waals surface area (Å²) < 4.78 is 5.40. The molecule has 0 bridgehead atoms. The van der Waals surface area contributed by atoms with Gasteiger partial charge in [-0.2, -0.15) is 0 Å². The van der Waals surface area contributed by atoms with Crippen LogP contribution in [0.5, 0.6) is 0 Å². The molecule has 1 unspecified atom stereocenters. The highest BCUT2D eigenvalue weighted by Gasteiger charge is 2.23. The van der Waals surface area contributed by atoms with Crippen molar-refractivity contribution in [2.24, 2.45) is 0 Å². The molecule has 1 aliphatic heterocycles. The molecule has 4 nitrogen and oxygen atoms in total. The quantitative estimate of drug-likeness (QED) is 0.883. The molecule has 2 rings (SSSR count). The SMILES string of the molecule is COC1CCN(c2ccc(CNC(C)C)c(C)n2)C1. The van der Waals surface area contributed by atoms with E-state index in [0.717, 1.165) is 37.6 Å². The van der Waals surface area contributed by atoms with Crippen molar-refractivity contribution in [1.82, 2.24) is 10.3 Å². The van der Waals surface area contributed by atoms with Crippen LogP contribution in [-0.2, 0) is 11.3 Å². The first-order chi connectivity index (χ1) is 9.10. The maximum absolute atomic E-state index is 5.40. The van der Waals surface area contributed by atoms with Gasteiger partial charge in [-0.1, -0.05) is 19.9 Å². The van der Waals surface area contributed by atoms with Gasteiger partial charge < -0.3 is 15.0 Å².